The van der Waals surface area contributed by atoms with E-state index < -0.39 is 0 Å². The Bertz CT molecular complexity index is 293. The van der Waals surface area contributed by atoms with E-state index in [1.54, 1.807) is 20.4 Å². The molecule has 0 aliphatic carbocycles. The summed E-state index contributed by atoms with van der Waals surface area (Å²) in [5.74, 6) is 2.21. The molecule has 0 fully saturated rings. The Morgan fingerprint density at radius 2 is 2.12 bits per heavy atom. The number of nitrogens with zero attached hydrogens (tertiary/aromatic N) is 2. The summed E-state index contributed by atoms with van der Waals surface area (Å²) in [5, 5.41) is 0. The Hall–Kier alpha value is -1.00. The summed E-state index contributed by atoms with van der Waals surface area (Å²) in [6, 6.07) is 3.80. The Kier molecular flexibility index (Phi) is 5.96. The summed E-state index contributed by atoms with van der Waals surface area (Å²) in [7, 11) is 3.30. The summed E-state index contributed by atoms with van der Waals surface area (Å²) in [4.78, 5) is 6.39. The van der Waals surface area contributed by atoms with Gasteiger partial charge in [0, 0.05) is 26.1 Å². The highest BCUT2D eigenvalue weighted by atomic mass is 35.5. The topological polar surface area (TPSA) is 34.6 Å². The molecule has 0 aliphatic heterocycles. The van der Waals surface area contributed by atoms with E-state index in [4.69, 9.17) is 21.1 Å². The highest BCUT2D eigenvalue weighted by molar-refractivity contribution is 6.18. The van der Waals surface area contributed by atoms with Crippen LogP contribution in [-0.2, 0) is 4.74 Å². The van der Waals surface area contributed by atoms with Gasteiger partial charge in [-0.2, -0.15) is 0 Å². The Labute approximate surface area is 101 Å². The number of hydrogen-bond acceptors (Lipinski definition) is 4. The number of alkyl halides is 1. The zero-order valence-corrected chi connectivity index (χ0v) is 10.4. The molecule has 0 aromatic carbocycles. The number of rotatable bonds is 7. The Morgan fingerprint density at radius 1 is 1.31 bits per heavy atom. The van der Waals surface area contributed by atoms with Gasteiger partial charge in [-0.1, -0.05) is 0 Å². The van der Waals surface area contributed by atoms with Crippen LogP contribution >= 0.6 is 11.6 Å². The predicted octanol–water partition coefficient (Wildman–Crippen LogP) is 1.78. The van der Waals surface area contributed by atoms with E-state index in [9.17, 15) is 0 Å². The van der Waals surface area contributed by atoms with Crippen LogP contribution in [-0.4, -0.2) is 44.8 Å². The van der Waals surface area contributed by atoms with Gasteiger partial charge in [0.05, 0.1) is 19.9 Å². The van der Waals surface area contributed by atoms with Gasteiger partial charge in [0.2, 0.25) is 0 Å². The first-order valence-electron chi connectivity index (χ1n) is 5.11. The molecule has 0 unspecified atom stereocenters. The normalized spacial score (nSPS) is 10.2. The van der Waals surface area contributed by atoms with Crippen LogP contribution in [0.4, 0.5) is 5.82 Å². The average molecular weight is 245 g/mol. The van der Waals surface area contributed by atoms with E-state index in [0.717, 1.165) is 24.7 Å². The lowest BCUT2D eigenvalue weighted by Gasteiger charge is -2.22. The van der Waals surface area contributed by atoms with Crippen LogP contribution in [0.5, 0.6) is 5.75 Å². The highest BCUT2D eigenvalue weighted by Gasteiger charge is 2.06. The van der Waals surface area contributed by atoms with E-state index in [1.807, 2.05) is 12.1 Å². The van der Waals surface area contributed by atoms with Crippen LogP contribution < -0.4 is 9.64 Å². The van der Waals surface area contributed by atoms with E-state index in [2.05, 4.69) is 9.88 Å². The second kappa shape index (κ2) is 7.30. The standard InChI is InChI=1S/C11H17ClN2O2/c1-15-8-7-14(6-5-12)11-4-3-10(16-2)9-13-11/h3-4,9H,5-8H2,1-2H3. The fourth-order valence-corrected chi connectivity index (χ4v) is 1.53. The summed E-state index contributed by atoms with van der Waals surface area (Å²) < 4.78 is 10.1. The van der Waals surface area contributed by atoms with Gasteiger partial charge in [-0.3, -0.25) is 0 Å². The van der Waals surface area contributed by atoms with Crippen molar-refractivity contribution in [2.24, 2.45) is 0 Å². The molecule has 1 aromatic rings. The molecule has 0 atom stereocenters. The molecule has 0 radical (unpaired) electrons. The van der Waals surface area contributed by atoms with Gasteiger partial charge in [-0.25, -0.2) is 4.98 Å². The molecule has 1 aromatic heterocycles. The van der Waals surface area contributed by atoms with Crippen molar-refractivity contribution in [1.82, 2.24) is 4.98 Å². The second-order valence-electron chi connectivity index (χ2n) is 3.23. The van der Waals surface area contributed by atoms with Crippen molar-refractivity contribution in [1.29, 1.82) is 0 Å². The molecular formula is C11H17ClN2O2. The number of hydrogen-bond donors (Lipinski definition) is 0. The average Bonchev–Trinajstić information content (AvgIpc) is 2.35. The predicted molar refractivity (Wildman–Crippen MR) is 65.6 cm³/mol. The highest BCUT2D eigenvalue weighted by Crippen LogP contribution is 2.15. The van der Waals surface area contributed by atoms with E-state index in [1.165, 1.54) is 0 Å². The number of pyridine rings is 1. The van der Waals surface area contributed by atoms with Crippen LogP contribution in [0.2, 0.25) is 0 Å². The van der Waals surface area contributed by atoms with Gasteiger partial charge in [0.15, 0.2) is 0 Å². The Morgan fingerprint density at radius 3 is 2.62 bits per heavy atom. The minimum absolute atomic E-state index is 0.567. The molecule has 0 amide bonds. The zero-order chi connectivity index (χ0) is 11.8. The molecule has 1 heterocycles. The van der Waals surface area contributed by atoms with Gasteiger partial charge >= 0.3 is 0 Å². The quantitative estimate of drug-likeness (QED) is 0.685. The maximum atomic E-state index is 5.75. The molecule has 0 saturated heterocycles. The fraction of sp³-hybridized carbons (Fsp3) is 0.545. The first kappa shape index (κ1) is 13.1. The minimum Gasteiger partial charge on any atom is -0.495 e. The van der Waals surface area contributed by atoms with Crippen molar-refractivity contribution in [2.75, 3.05) is 44.7 Å². The number of ether oxygens (including phenoxy) is 2. The van der Waals surface area contributed by atoms with Crippen molar-refractivity contribution in [2.45, 2.75) is 0 Å². The smallest absolute Gasteiger partial charge is 0.137 e. The largest absolute Gasteiger partial charge is 0.495 e. The molecule has 0 bridgehead atoms. The molecule has 16 heavy (non-hydrogen) atoms. The molecule has 1 rings (SSSR count). The fourth-order valence-electron chi connectivity index (χ4n) is 1.32. The molecule has 0 spiro atoms. The molecule has 90 valence electrons. The first-order chi connectivity index (χ1) is 7.81. The van der Waals surface area contributed by atoms with Gasteiger partial charge < -0.3 is 14.4 Å². The van der Waals surface area contributed by atoms with Crippen molar-refractivity contribution in [3.63, 3.8) is 0 Å². The van der Waals surface area contributed by atoms with Crippen LogP contribution in [0.3, 0.4) is 0 Å². The molecule has 0 N–H and O–H groups in total. The lowest BCUT2D eigenvalue weighted by atomic mass is 10.4. The van der Waals surface area contributed by atoms with Crippen LogP contribution in [0.25, 0.3) is 0 Å². The Balaban J connectivity index is 2.67. The molecule has 0 aliphatic rings. The first-order valence-corrected chi connectivity index (χ1v) is 5.65. The number of anilines is 1. The van der Waals surface area contributed by atoms with Crippen LogP contribution in [0, 0.1) is 0 Å². The van der Waals surface area contributed by atoms with E-state index in [0.29, 0.717) is 12.5 Å². The third-order valence-corrected chi connectivity index (χ3v) is 2.37. The molecule has 4 nitrogen and oxygen atoms in total. The van der Waals surface area contributed by atoms with Crippen LogP contribution in [0.1, 0.15) is 0 Å². The van der Waals surface area contributed by atoms with E-state index >= 15 is 0 Å². The minimum atomic E-state index is 0.567. The summed E-state index contributed by atoms with van der Waals surface area (Å²) in [6.45, 7) is 2.19. The number of aromatic nitrogens is 1. The number of methoxy groups -OCH3 is 2. The molecule has 5 heteroatoms. The third kappa shape index (κ3) is 3.87. The van der Waals surface area contributed by atoms with Crippen molar-refractivity contribution >= 4 is 17.4 Å². The number of halogens is 1. The van der Waals surface area contributed by atoms with Gasteiger partial charge in [0.1, 0.15) is 11.6 Å². The monoisotopic (exact) mass is 244 g/mol. The SMILES string of the molecule is COCCN(CCCl)c1ccc(OC)cn1. The summed E-state index contributed by atoms with van der Waals surface area (Å²) in [6.07, 6.45) is 1.70. The van der Waals surface area contributed by atoms with Gasteiger partial charge in [-0.15, -0.1) is 11.6 Å². The maximum absolute atomic E-state index is 5.75. The lowest BCUT2D eigenvalue weighted by Crippen LogP contribution is -2.29. The summed E-state index contributed by atoms with van der Waals surface area (Å²) in [5.41, 5.74) is 0. The lowest BCUT2D eigenvalue weighted by molar-refractivity contribution is 0.205. The second-order valence-corrected chi connectivity index (χ2v) is 3.60. The molecular weight excluding hydrogens is 228 g/mol. The summed E-state index contributed by atoms with van der Waals surface area (Å²) >= 11 is 5.75. The van der Waals surface area contributed by atoms with Crippen LogP contribution in [0.15, 0.2) is 18.3 Å². The van der Waals surface area contributed by atoms with E-state index in [-0.39, 0.29) is 0 Å². The third-order valence-electron chi connectivity index (χ3n) is 2.20. The zero-order valence-electron chi connectivity index (χ0n) is 9.65. The molecule has 0 saturated carbocycles. The maximum Gasteiger partial charge on any atom is 0.137 e. The van der Waals surface area contributed by atoms with Crippen molar-refractivity contribution in [3.05, 3.63) is 18.3 Å². The van der Waals surface area contributed by atoms with Crippen molar-refractivity contribution in [3.8, 4) is 5.75 Å². The van der Waals surface area contributed by atoms with Gasteiger partial charge in [-0.05, 0) is 12.1 Å². The van der Waals surface area contributed by atoms with Gasteiger partial charge in [0.25, 0.3) is 0 Å². The van der Waals surface area contributed by atoms with Crippen molar-refractivity contribution < 1.29 is 9.47 Å².